The van der Waals surface area contributed by atoms with Crippen LogP contribution in [0.3, 0.4) is 0 Å². The van der Waals surface area contributed by atoms with Crippen LogP contribution in [0.1, 0.15) is 23.2 Å². The lowest BCUT2D eigenvalue weighted by atomic mass is 10.2. The summed E-state index contributed by atoms with van der Waals surface area (Å²) >= 11 is 0. The highest BCUT2D eigenvalue weighted by atomic mass is 16.5. The normalized spacial score (nSPS) is 14.2. The Kier molecular flexibility index (Phi) is 5.45. The SMILES string of the molecule is CCOc1ccccc1NC(=O)c1cc(N2CCOCC2)nc(C)n1. The number of carbonyl (C=O) groups is 1. The number of hydrogen-bond donors (Lipinski definition) is 1. The van der Waals surface area contributed by atoms with E-state index in [9.17, 15) is 4.79 Å². The first kappa shape index (κ1) is 17.2. The molecule has 0 bridgehead atoms. The number of aryl methyl sites for hydroxylation is 1. The zero-order chi connectivity index (χ0) is 17.6. The molecule has 0 spiro atoms. The number of rotatable bonds is 5. The average molecular weight is 342 g/mol. The Balaban J connectivity index is 1.81. The number of hydrogen-bond acceptors (Lipinski definition) is 6. The number of nitrogens with zero attached hydrogens (tertiary/aromatic N) is 3. The second-order valence-corrected chi connectivity index (χ2v) is 5.64. The van der Waals surface area contributed by atoms with Crippen LogP contribution in [-0.4, -0.2) is 48.8 Å². The molecule has 1 N–H and O–H groups in total. The van der Waals surface area contributed by atoms with Crippen LogP contribution >= 0.6 is 0 Å². The fourth-order valence-corrected chi connectivity index (χ4v) is 2.66. The molecule has 7 heteroatoms. The van der Waals surface area contributed by atoms with E-state index in [2.05, 4.69) is 20.2 Å². The van der Waals surface area contributed by atoms with Crippen LogP contribution in [-0.2, 0) is 4.74 Å². The number of ether oxygens (including phenoxy) is 2. The number of aromatic nitrogens is 2. The third-order valence-corrected chi connectivity index (χ3v) is 3.83. The number of nitrogens with one attached hydrogen (secondary N) is 1. The summed E-state index contributed by atoms with van der Waals surface area (Å²) in [7, 11) is 0. The summed E-state index contributed by atoms with van der Waals surface area (Å²) in [6.45, 7) is 7.05. The summed E-state index contributed by atoms with van der Waals surface area (Å²) in [5.74, 6) is 1.66. The van der Waals surface area contributed by atoms with Gasteiger partial charge in [0.2, 0.25) is 0 Å². The lowest BCUT2D eigenvalue weighted by Gasteiger charge is -2.28. The van der Waals surface area contributed by atoms with Crippen LogP contribution in [0, 0.1) is 6.92 Å². The average Bonchev–Trinajstić information content (AvgIpc) is 2.64. The van der Waals surface area contributed by atoms with Crippen molar-refractivity contribution in [1.29, 1.82) is 0 Å². The fraction of sp³-hybridized carbons (Fsp3) is 0.389. The lowest BCUT2D eigenvalue weighted by Crippen LogP contribution is -2.37. The minimum Gasteiger partial charge on any atom is -0.492 e. The standard InChI is InChI=1S/C18H22N4O3/c1-3-25-16-7-5-4-6-14(16)21-18(23)15-12-17(20-13(2)19-15)22-8-10-24-11-9-22/h4-7,12H,3,8-11H2,1-2H3,(H,21,23). The number of para-hydroxylation sites is 2. The fourth-order valence-electron chi connectivity index (χ4n) is 2.66. The summed E-state index contributed by atoms with van der Waals surface area (Å²) in [5, 5.41) is 2.87. The highest BCUT2D eigenvalue weighted by molar-refractivity contribution is 6.04. The molecule has 1 amide bonds. The van der Waals surface area contributed by atoms with E-state index in [-0.39, 0.29) is 5.91 Å². The number of morpholine rings is 1. The minimum absolute atomic E-state index is 0.285. The molecule has 0 atom stereocenters. The van der Waals surface area contributed by atoms with Gasteiger partial charge in [0.25, 0.3) is 5.91 Å². The van der Waals surface area contributed by atoms with Crippen molar-refractivity contribution in [3.05, 3.63) is 41.9 Å². The maximum atomic E-state index is 12.7. The van der Waals surface area contributed by atoms with Gasteiger partial charge in [-0.15, -0.1) is 0 Å². The Hall–Kier alpha value is -2.67. The predicted octanol–water partition coefficient (Wildman–Crippen LogP) is 2.27. The smallest absolute Gasteiger partial charge is 0.274 e. The minimum atomic E-state index is -0.285. The molecule has 132 valence electrons. The number of carbonyl (C=O) groups excluding carboxylic acids is 1. The Morgan fingerprint density at radius 3 is 2.80 bits per heavy atom. The van der Waals surface area contributed by atoms with Crippen LogP contribution in [0.4, 0.5) is 11.5 Å². The van der Waals surface area contributed by atoms with E-state index in [4.69, 9.17) is 9.47 Å². The molecular formula is C18H22N4O3. The maximum Gasteiger partial charge on any atom is 0.274 e. The van der Waals surface area contributed by atoms with Crippen LogP contribution < -0.4 is 15.0 Å². The second kappa shape index (κ2) is 7.94. The van der Waals surface area contributed by atoms with E-state index in [1.165, 1.54) is 0 Å². The van der Waals surface area contributed by atoms with Crippen molar-refractivity contribution in [1.82, 2.24) is 9.97 Å². The molecule has 7 nitrogen and oxygen atoms in total. The van der Waals surface area contributed by atoms with E-state index in [1.54, 1.807) is 19.1 Å². The molecule has 3 rings (SSSR count). The first-order valence-corrected chi connectivity index (χ1v) is 8.39. The van der Waals surface area contributed by atoms with Gasteiger partial charge in [0.1, 0.15) is 23.1 Å². The number of anilines is 2. The first-order chi connectivity index (χ1) is 12.2. The summed E-state index contributed by atoms with van der Waals surface area (Å²) < 4.78 is 10.9. The van der Waals surface area contributed by atoms with Crippen molar-refractivity contribution in [3.8, 4) is 5.75 Å². The molecule has 2 heterocycles. The second-order valence-electron chi connectivity index (χ2n) is 5.64. The zero-order valence-corrected chi connectivity index (χ0v) is 14.5. The molecule has 25 heavy (non-hydrogen) atoms. The van der Waals surface area contributed by atoms with Crippen LogP contribution in [0.2, 0.25) is 0 Å². The molecule has 0 unspecified atom stereocenters. The first-order valence-electron chi connectivity index (χ1n) is 8.39. The Labute approximate surface area is 147 Å². The van der Waals surface area contributed by atoms with Gasteiger partial charge in [-0.3, -0.25) is 4.79 Å². The monoisotopic (exact) mass is 342 g/mol. The Bertz CT molecular complexity index is 745. The van der Waals surface area contributed by atoms with Crippen LogP contribution in [0.5, 0.6) is 5.75 Å². The summed E-state index contributed by atoms with van der Waals surface area (Å²) in [4.78, 5) is 23.5. The molecule has 2 aromatic rings. The van der Waals surface area contributed by atoms with Crippen molar-refractivity contribution in [2.75, 3.05) is 43.1 Å². The van der Waals surface area contributed by atoms with Gasteiger partial charge in [-0.25, -0.2) is 9.97 Å². The third kappa shape index (κ3) is 4.24. The van der Waals surface area contributed by atoms with Gasteiger partial charge in [-0.1, -0.05) is 12.1 Å². The molecule has 0 saturated carbocycles. The number of amides is 1. The quantitative estimate of drug-likeness (QED) is 0.898. The van der Waals surface area contributed by atoms with E-state index in [0.717, 1.165) is 18.9 Å². The third-order valence-electron chi connectivity index (χ3n) is 3.83. The molecule has 1 fully saturated rings. The summed E-state index contributed by atoms with van der Waals surface area (Å²) in [6.07, 6.45) is 0. The van der Waals surface area contributed by atoms with Gasteiger partial charge in [-0.2, -0.15) is 0 Å². The van der Waals surface area contributed by atoms with E-state index in [1.807, 2.05) is 25.1 Å². The maximum absolute atomic E-state index is 12.7. The molecule has 1 aromatic heterocycles. The van der Waals surface area contributed by atoms with E-state index in [0.29, 0.717) is 42.8 Å². The summed E-state index contributed by atoms with van der Waals surface area (Å²) in [5.41, 5.74) is 0.957. The van der Waals surface area contributed by atoms with Crippen LogP contribution in [0.15, 0.2) is 30.3 Å². The number of benzene rings is 1. The Morgan fingerprint density at radius 2 is 2.04 bits per heavy atom. The van der Waals surface area contributed by atoms with Crippen molar-refractivity contribution in [2.24, 2.45) is 0 Å². The molecule has 1 aliphatic heterocycles. The van der Waals surface area contributed by atoms with Gasteiger partial charge < -0.3 is 19.7 Å². The zero-order valence-electron chi connectivity index (χ0n) is 14.5. The van der Waals surface area contributed by atoms with Gasteiger partial charge in [0, 0.05) is 19.2 Å². The van der Waals surface area contributed by atoms with Gasteiger partial charge in [0.15, 0.2) is 0 Å². The molecule has 0 radical (unpaired) electrons. The van der Waals surface area contributed by atoms with E-state index >= 15 is 0 Å². The van der Waals surface area contributed by atoms with Crippen molar-refractivity contribution < 1.29 is 14.3 Å². The lowest BCUT2D eigenvalue weighted by molar-refractivity contribution is 0.102. The highest BCUT2D eigenvalue weighted by Crippen LogP contribution is 2.24. The van der Waals surface area contributed by atoms with Crippen molar-refractivity contribution in [2.45, 2.75) is 13.8 Å². The largest absolute Gasteiger partial charge is 0.492 e. The highest BCUT2D eigenvalue weighted by Gasteiger charge is 2.17. The van der Waals surface area contributed by atoms with Gasteiger partial charge in [-0.05, 0) is 26.0 Å². The summed E-state index contributed by atoms with van der Waals surface area (Å²) in [6, 6.07) is 9.06. The predicted molar refractivity (Wildman–Crippen MR) is 95.4 cm³/mol. The molecule has 1 aromatic carbocycles. The molecule has 1 aliphatic rings. The Morgan fingerprint density at radius 1 is 1.28 bits per heavy atom. The molecule has 0 aliphatic carbocycles. The van der Waals surface area contributed by atoms with Crippen molar-refractivity contribution in [3.63, 3.8) is 0 Å². The molecule has 1 saturated heterocycles. The van der Waals surface area contributed by atoms with Crippen molar-refractivity contribution >= 4 is 17.4 Å². The van der Waals surface area contributed by atoms with E-state index < -0.39 is 0 Å². The molecular weight excluding hydrogens is 320 g/mol. The van der Waals surface area contributed by atoms with Crippen LogP contribution in [0.25, 0.3) is 0 Å². The van der Waals surface area contributed by atoms with Gasteiger partial charge >= 0.3 is 0 Å². The topological polar surface area (TPSA) is 76.6 Å². The van der Waals surface area contributed by atoms with Gasteiger partial charge in [0.05, 0.1) is 25.5 Å².